The summed E-state index contributed by atoms with van der Waals surface area (Å²) in [5, 5.41) is 4.34. The molecule has 154 valence electrons. The summed E-state index contributed by atoms with van der Waals surface area (Å²) in [6, 6.07) is 5.19. The van der Waals surface area contributed by atoms with Crippen LogP contribution in [-0.4, -0.2) is 27.0 Å². The molecule has 9 heteroatoms. The fourth-order valence-corrected chi connectivity index (χ4v) is 5.04. The summed E-state index contributed by atoms with van der Waals surface area (Å²) in [4.78, 5) is 35.7. The van der Waals surface area contributed by atoms with Crippen molar-refractivity contribution in [3.8, 4) is 0 Å². The number of amides is 1. The van der Waals surface area contributed by atoms with E-state index in [1.54, 1.807) is 27.7 Å². The highest BCUT2D eigenvalue weighted by atomic mass is 35.5. The van der Waals surface area contributed by atoms with Gasteiger partial charge in [0.2, 0.25) is 5.91 Å². The number of thiazole rings is 1. The molecule has 1 amide bonds. The number of aromatic nitrogens is 3. The van der Waals surface area contributed by atoms with Gasteiger partial charge in [0.05, 0.1) is 16.6 Å². The molecular weight excluding hydrogens is 428 g/mol. The van der Waals surface area contributed by atoms with Crippen LogP contribution in [-0.2, 0) is 17.1 Å². The van der Waals surface area contributed by atoms with Gasteiger partial charge in [-0.15, -0.1) is 11.3 Å². The number of benzene rings is 1. The number of carbonyl (C=O) groups excluding carboxylic acids is 1. The number of hydrogen-bond donors (Lipinski definition) is 0. The Morgan fingerprint density at radius 2 is 2.10 bits per heavy atom. The smallest absolute Gasteiger partial charge is 0.262 e. The molecule has 1 aromatic carbocycles. The van der Waals surface area contributed by atoms with Crippen LogP contribution in [0.3, 0.4) is 0 Å². The molecule has 0 radical (unpaired) electrons. The summed E-state index contributed by atoms with van der Waals surface area (Å²) in [7, 11) is 0. The van der Waals surface area contributed by atoms with Crippen molar-refractivity contribution in [2.75, 3.05) is 11.4 Å². The second kappa shape index (κ2) is 9.28. The minimum absolute atomic E-state index is 0.0262. The molecule has 0 aliphatic heterocycles. The second-order valence-electron chi connectivity index (χ2n) is 7.04. The van der Waals surface area contributed by atoms with Gasteiger partial charge in [-0.2, -0.15) is 0 Å². The number of thioether (sulfide) groups is 1. The zero-order valence-corrected chi connectivity index (χ0v) is 19.2. The molecule has 0 atom stereocenters. The van der Waals surface area contributed by atoms with Gasteiger partial charge in [0, 0.05) is 36.2 Å². The molecule has 0 fully saturated rings. The van der Waals surface area contributed by atoms with Crippen molar-refractivity contribution in [3.63, 3.8) is 0 Å². The molecule has 2 heterocycles. The summed E-state index contributed by atoms with van der Waals surface area (Å²) >= 11 is 9.00. The van der Waals surface area contributed by atoms with Crippen LogP contribution < -0.4 is 10.5 Å². The van der Waals surface area contributed by atoms with E-state index in [1.807, 2.05) is 12.3 Å². The SMILES string of the molecule is CCN(C(C)=O)c1nc(CSc2nc3ccc(Cl)cc3c(=O)n2CC(C)C)cs1. The lowest BCUT2D eigenvalue weighted by Crippen LogP contribution is -2.27. The van der Waals surface area contributed by atoms with Gasteiger partial charge in [-0.25, -0.2) is 9.97 Å². The Balaban J connectivity index is 1.91. The van der Waals surface area contributed by atoms with Crippen molar-refractivity contribution in [1.29, 1.82) is 0 Å². The van der Waals surface area contributed by atoms with Gasteiger partial charge in [0.1, 0.15) is 0 Å². The summed E-state index contributed by atoms with van der Waals surface area (Å²) in [6.07, 6.45) is 0. The first-order valence-corrected chi connectivity index (χ1v) is 11.6. The maximum Gasteiger partial charge on any atom is 0.262 e. The molecule has 0 aliphatic rings. The highest BCUT2D eigenvalue weighted by Gasteiger charge is 2.16. The van der Waals surface area contributed by atoms with Crippen LogP contribution in [0.4, 0.5) is 5.13 Å². The maximum absolute atomic E-state index is 13.0. The van der Waals surface area contributed by atoms with E-state index in [2.05, 4.69) is 18.8 Å². The van der Waals surface area contributed by atoms with E-state index in [1.165, 1.54) is 30.0 Å². The van der Waals surface area contributed by atoms with Gasteiger partial charge < -0.3 is 0 Å². The Morgan fingerprint density at radius 3 is 2.76 bits per heavy atom. The average molecular weight is 451 g/mol. The maximum atomic E-state index is 13.0. The van der Waals surface area contributed by atoms with E-state index < -0.39 is 0 Å². The molecule has 29 heavy (non-hydrogen) atoms. The van der Waals surface area contributed by atoms with Crippen LogP contribution in [0.15, 0.2) is 33.5 Å². The standard InChI is InChI=1S/C20H23ClN4O2S2/c1-5-24(13(4)26)19-22-15(10-28-19)11-29-20-23-17-7-6-14(21)8-16(17)18(27)25(20)9-12(2)3/h6-8,10,12H,5,9,11H2,1-4H3. The summed E-state index contributed by atoms with van der Waals surface area (Å²) in [5.41, 5.74) is 1.41. The van der Waals surface area contributed by atoms with Gasteiger partial charge in [-0.1, -0.05) is 37.2 Å². The third-order valence-electron chi connectivity index (χ3n) is 4.24. The summed E-state index contributed by atoms with van der Waals surface area (Å²) < 4.78 is 1.72. The zero-order chi connectivity index (χ0) is 21.1. The van der Waals surface area contributed by atoms with E-state index in [9.17, 15) is 9.59 Å². The van der Waals surface area contributed by atoms with Crippen molar-refractivity contribution >= 4 is 56.6 Å². The van der Waals surface area contributed by atoms with Crippen LogP contribution in [0.1, 0.15) is 33.4 Å². The number of fused-ring (bicyclic) bond motifs is 1. The molecule has 0 saturated carbocycles. The lowest BCUT2D eigenvalue weighted by molar-refractivity contribution is -0.116. The molecule has 0 saturated heterocycles. The summed E-state index contributed by atoms with van der Waals surface area (Å²) in [6.45, 7) is 8.75. The molecular formula is C20H23ClN4O2S2. The highest BCUT2D eigenvalue weighted by Crippen LogP contribution is 2.27. The van der Waals surface area contributed by atoms with Crippen LogP contribution >= 0.6 is 34.7 Å². The zero-order valence-electron chi connectivity index (χ0n) is 16.8. The quantitative estimate of drug-likeness (QED) is 0.381. The Labute approximate surface area is 182 Å². The van der Waals surface area contributed by atoms with E-state index in [4.69, 9.17) is 16.6 Å². The molecule has 3 aromatic rings. The van der Waals surface area contributed by atoms with Gasteiger partial charge in [0.25, 0.3) is 5.56 Å². The van der Waals surface area contributed by atoms with Crippen molar-refractivity contribution < 1.29 is 4.79 Å². The van der Waals surface area contributed by atoms with Crippen molar-refractivity contribution in [2.24, 2.45) is 5.92 Å². The summed E-state index contributed by atoms with van der Waals surface area (Å²) in [5.74, 6) is 0.835. The van der Waals surface area contributed by atoms with E-state index >= 15 is 0 Å². The Bertz CT molecular complexity index is 1090. The first-order chi connectivity index (χ1) is 13.8. The van der Waals surface area contributed by atoms with Gasteiger partial charge in [-0.05, 0) is 31.0 Å². The van der Waals surface area contributed by atoms with Crippen LogP contribution in [0, 0.1) is 5.92 Å². The Hall–Kier alpha value is -1.90. The molecule has 0 aliphatic carbocycles. The largest absolute Gasteiger partial charge is 0.289 e. The van der Waals surface area contributed by atoms with Crippen molar-refractivity contribution in [3.05, 3.63) is 44.6 Å². The topological polar surface area (TPSA) is 68.1 Å². The molecule has 0 bridgehead atoms. The van der Waals surface area contributed by atoms with Crippen LogP contribution in [0.25, 0.3) is 10.9 Å². The molecule has 2 aromatic heterocycles. The molecule has 0 unspecified atom stereocenters. The third-order valence-corrected chi connectivity index (χ3v) is 6.40. The van der Waals surface area contributed by atoms with Gasteiger partial charge >= 0.3 is 0 Å². The lowest BCUT2D eigenvalue weighted by Gasteiger charge is -2.15. The minimum atomic E-state index is -0.0820. The first kappa shape index (κ1) is 21.8. The van der Waals surface area contributed by atoms with Crippen LogP contribution in [0.2, 0.25) is 5.02 Å². The van der Waals surface area contributed by atoms with Crippen molar-refractivity contribution in [1.82, 2.24) is 14.5 Å². The predicted octanol–water partition coefficient (Wildman–Crippen LogP) is 4.83. The predicted molar refractivity (Wildman–Crippen MR) is 121 cm³/mol. The normalized spacial score (nSPS) is 11.4. The Kier molecular flexibility index (Phi) is 6.97. The lowest BCUT2D eigenvalue weighted by atomic mass is 10.2. The van der Waals surface area contributed by atoms with Gasteiger partial charge in [-0.3, -0.25) is 19.1 Å². The fraction of sp³-hybridized carbons (Fsp3) is 0.400. The number of rotatable bonds is 7. The van der Waals surface area contributed by atoms with Crippen LogP contribution in [0.5, 0.6) is 0 Å². The number of nitrogens with zero attached hydrogens (tertiary/aromatic N) is 4. The number of hydrogen-bond acceptors (Lipinski definition) is 6. The van der Waals surface area contributed by atoms with E-state index in [-0.39, 0.29) is 11.5 Å². The van der Waals surface area contributed by atoms with E-state index in [0.29, 0.717) is 51.0 Å². The highest BCUT2D eigenvalue weighted by molar-refractivity contribution is 7.98. The van der Waals surface area contributed by atoms with Crippen molar-refractivity contribution in [2.45, 2.75) is 45.1 Å². The molecule has 3 rings (SSSR count). The number of carbonyl (C=O) groups is 1. The number of halogens is 1. The molecule has 6 nitrogen and oxygen atoms in total. The second-order valence-corrected chi connectivity index (χ2v) is 9.25. The minimum Gasteiger partial charge on any atom is -0.289 e. The first-order valence-electron chi connectivity index (χ1n) is 9.35. The number of anilines is 1. The fourth-order valence-electron chi connectivity index (χ4n) is 2.93. The monoisotopic (exact) mass is 450 g/mol. The van der Waals surface area contributed by atoms with Gasteiger partial charge in [0.15, 0.2) is 10.3 Å². The molecule has 0 N–H and O–H groups in total. The Morgan fingerprint density at radius 1 is 1.34 bits per heavy atom. The van der Waals surface area contributed by atoms with E-state index in [0.717, 1.165) is 5.69 Å². The third kappa shape index (κ3) is 4.99. The molecule has 0 spiro atoms. The average Bonchev–Trinajstić information content (AvgIpc) is 3.11.